The maximum absolute atomic E-state index is 11.7. The molecule has 1 aromatic heterocycles. The number of fused-ring (bicyclic) bond motifs is 1. The molecule has 3 aliphatic carbocycles. The number of aromatic carboxylic acids is 1. The van der Waals surface area contributed by atoms with Crippen LogP contribution < -0.4 is 10.1 Å². The van der Waals surface area contributed by atoms with Gasteiger partial charge in [-0.3, -0.25) is 4.90 Å². The number of rotatable bonds is 6. The van der Waals surface area contributed by atoms with E-state index in [1.165, 1.54) is 6.33 Å². The first-order valence-corrected chi connectivity index (χ1v) is 8.93. The van der Waals surface area contributed by atoms with Gasteiger partial charge in [0.1, 0.15) is 12.1 Å². The lowest BCUT2D eigenvalue weighted by atomic mass is 9.75. The zero-order valence-corrected chi connectivity index (χ0v) is 14.4. The van der Waals surface area contributed by atoms with E-state index in [-0.39, 0.29) is 23.0 Å². The predicted molar refractivity (Wildman–Crippen MR) is 90.0 cm³/mol. The molecule has 2 heterocycles. The van der Waals surface area contributed by atoms with Gasteiger partial charge in [-0.05, 0) is 32.1 Å². The van der Waals surface area contributed by atoms with E-state index in [1.54, 1.807) is 6.92 Å². The maximum atomic E-state index is 11.7. The molecule has 2 N–H and O–H groups in total. The lowest BCUT2D eigenvalue weighted by Crippen LogP contribution is -2.56. The van der Waals surface area contributed by atoms with Crippen LogP contribution in [0.25, 0.3) is 0 Å². The Bertz CT molecular complexity index is 656. The summed E-state index contributed by atoms with van der Waals surface area (Å²) in [6, 6.07) is 0.241. The number of morpholine rings is 1. The Morgan fingerprint density at radius 2 is 2.16 bits per heavy atom. The van der Waals surface area contributed by atoms with E-state index in [2.05, 4.69) is 20.2 Å². The summed E-state index contributed by atoms with van der Waals surface area (Å²) >= 11 is 0. The number of nitrogens with one attached hydrogen (secondary N) is 1. The van der Waals surface area contributed by atoms with E-state index >= 15 is 0 Å². The van der Waals surface area contributed by atoms with Gasteiger partial charge in [-0.25, -0.2) is 14.8 Å². The Labute approximate surface area is 146 Å². The predicted octanol–water partition coefficient (Wildman–Crippen LogP) is 1.24. The van der Waals surface area contributed by atoms with Crippen molar-refractivity contribution >= 4 is 11.8 Å². The molecular formula is C17H24N4O4. The van der Waals surface area contributed by atoms with E-state index in [1.807, 2.05) is 0 Å². The number of nitrogens with zero attached hydrogens (tertiary/aromatic N) is 3. The van der Waals surface area contributed by atoms with Crippen LogP contribution in [0.2, 0.25) is 0 Å². The number of anilines is 1. The summed E-state index contributed by atoms with van der Waals surface area (Å²) in [6.07, 6.45) is 4.70. The molecule has 0 radical (unpaired) electrons. The number of aromatic nitrogens is 2. The molecule has 2 bridgehead atoms. The number of hydrogen-bond acceptors (Lipinski definition) is 7. The molecule has 1 atom stereocenters. The summed E-state index contributed by atoms with van der Waals surface area (Å²) in [7, 11) is 0. The Kier molecular flexibility index (Phi) is 4.24. The molecule has 8 heteroatoms. The van der Waals surface area contributed by atoms with E-state index in [0.717, 1.165) is 45.6 Å². The SMILES string of the molecule is CCOc1ncnc(N[C@H]2CC3(N4CCOCC4)CC2C3)c1C(=O)O. The Balaban J connectivity index is 1.50. The molecular weight excluding hydrogens is 324 g/mol. The molecule has 0 aromatic carbocycles. The van der Waals surface area contributed by atoms with E-state index in [9.17, 15) is 9.90 Å². The van der Waals surface area contributed by atoms with Crippen molar-refractivity contribution < 1.29 is 19.4 Å². The van der Waals surface area contributed by atoms with Crippen LogP contribution in [-0.2, 0) is 4.74 Å². The third-order valence-corrected chi connectivity index (χ3v) is 5.76. The standard InChI is InChI=1S/C17H24N4O4/c1-2-25-15-13(16(22)23)14(18-10-19-15)20-12-9-17(7-11(12)8-17)21-3-5-24-6-4-21/h10-12H,2-9H2,1H3,(H,22,23)(H,18,19,20)/t11?,12-,17?/m0/s1. The first-order valence-electron chi connectivity index (χ1n) is 8.93. The molecule has 4 fully saturated rings. The number of hydrogen-bond donors (Lipinski definition) is 2. The Hall–Kier alpha value is -1.93. The minimum atomic E-state index is -1.07. The summed E-state index contributed by atoms with van der Waals surface area (Å²) in [4.78, 5) is 22.4. The average Bonchev–Trinajstić information content (AvgIpc) is 3.11. The van der Waals surface area contributed by atoms with Crippen LogP contribution in [0.15, 0.2) is 6.33 Å². The molecule has 0 spiro atoms. The van der Waals surface area contributed by atoms with E-state index < -0.39 is 5.97 Å². The summed E-state index contributed by atoms with van der Waals surface area (Å²) in [5.41, 5.74) is 0.277. The second-order valence-corrected chi connectivity index (χ2v) is 7.09. The topological polar surface area (TPSA) is 96.8 Å². The van der Waals surface area contributed by atoms with Gasteiger partial charge in [-0.1, -0.05) is 0 Å². The number of carbonyl (C=O) groups is 1. The fourth-order valence-corrected chi connectivity index (χ4v) is 4.63. The van der Waals surface area contributed by atoms with Crippen LogP contribution >= 0.6 is 0 Å². The van der Waals surface area contributed by atoms with Gasteiger partial charge < -0.3 is 19.9 Å². The van der Waals surface area contributed by atoms with Gasteiger partial charge in [0, 0.05) is 24.7 Å². The largest absolute Gasteiger partial charge is 0.477 e. The number of ether oxygens (including phenoxy) is 2. The van der Waals surface area contributed by atoms with Crippen LogP contribution in [0.3, 0.4) is 0 Å². The molecule has 136 valence electrons. The van der Waals surface area contributed by atoms with Crippen molar-refractivity contribution in [1.82, 2.24) is 14.9 Å². The van der Waals surface area contributed by atoms with Crippen LogP contribution in [0, 0.1) is 5.92 Å². The van der Waals surface area contributed by atoms with E-state index in [0.29, 0.717) is 18.3 Å². The van der Waals surface area contributed by atoms with Gasteiger partial charge in [0.15, 0.2) is 5.56 Å². The quantitative estimate of drug-likeness (QED) is 0.793. The molecule has 25 heavy (non-hydrogen) atoms. The highest BCUT2D eigenvalue weighted by Crippen LogP contribution is 2.56. The van der Waals surface area contributed by atoms with Crippen LogP contribution in [0.4, 0.5) is 5.82 Å². The van der Waals surface area contributed by atoms with Crippen molar-refractivity contribution in [3.63, 3.8) is 0 Å². The minimum Gasteiger partial charge on any atom is -0.477 e. The summed E-state index contributed by atoms with van der Waals surface area (Å²) in [6.45, 7) is 5.75. The highest BCUT2D eigenvalue weighted by molar-refractivity contribution is 5.95. The van der Waals surface area contributed by atoms with Crippen molar-refractivity contribution in [3.05, 3.63) is 11.9 Å². The zero-order chi connectivity index (χ0) is 17.4. The fourth-order valence-electron chi connectivity index (χ4n) is 4.63. The zero-order valence-electron chi connectivity index (χ0n) is 14.4. The highest BCUT2D eigenvalue weighted by Gasteiger charge is 2.59. The van der Waals surface area contributed by atoms with Crippen LogP contribution in [0.5, 0.6) is 5.88 Å². The molecule has 1 saturated heterocycles. The second-order valence-electron chi connectivity index (χ2n) is 7.09. The third kappa shape index (κ3) is 2.83. The van der Waals surface area contributed by atoms with Gasteiger partial charge in [-0.2, -0.15) is 0 Å². The number of carboxylic acids is 1. The number of carboxylic acid groups (broad SMARTS) is 1. The minimum absolute atomic E-state index is 0.0221. The summed E-state index contributed by atoms with van der Waals surface area (Å²) < 4.78 is 10.8. The van der Waals surface area contributed by atoms with Gasteiger partial charge in [-0.15, -0.1) is 0 Å². The lowest BCUT2D eigenvalue weighted by molar-refractivity contribution is -0.0493. The maximum Gasteiger partial charge on any atom is 0.345 e. The summed E-state index contributed by atoms with van der Waals surface area (Å²) in [5.74, 6) is -0.0175. The molecule has 0 amide bonds. The first-order chi connectivity index (χ1) is 12.1. The van der Waals surface area contributed by atoms with Crippen LogP contribution in [-0.4, -0.2) is 70.4 Å². The average molecular weight is 348 g/mol. The van der Waals surface area contributed by atoms with Crippen molar-refractivity contribution in [2.75, 3.05) is 38.2 Å². The van der Waals surface area contributed by atoms with E-state index in [4.69, 9.17) is 9.47 Å². The van der Waals surface area contributed by atoms with Gasteiger partial charge in [0.25, 0.3) is 0 Å². The van der Waals surface area contributed by atoms with Gasteiger partial charge >= 0.3 is 5.97 Å². The molecule has 8 nitrogen and oxygen atoms in total. The van der Waals surface area contributed by atoms with Gasteiger partial charge in [0.05, 0.1) is 19.8 Å². The molecule has 3 saturated carbocycles. The Morgan fingerprint density at radius 3 is 2.84 bits per heavy atom. The third-order valence-electron chi connectivity index (χ3n) is 5.76. The highest BCUT2D eigenvalue weighted by atomic mass is 16.5. The molecule has 5 rings (SSSR count). The van der Waals surface area contributed by atoms with Crippen molar-refractivity contribution in [2.45, 2.75) is 37.8 Å². The van der Waals surface area contributed by atoms with Crippen LogP contribution in [0.1, 0.15) is 36.5 Å². The second kappa shape index (κ2) is 6.42. The molecule has 1 aliphatic heterocycles. The first kappa shape index (κ1) is 16.5. The lowest BCUT2D eigenvalue weighted by Gasteiger charge is -2.49. The molecule has 4 aliphatic rings. The van der Waals surface area contributed by atoms with Gasteiger partial charge in [0.2, 0.25) is 5.88 Å². The van der Waals surface area contributed by atoms with Crippen molar-refractivity contribution in [3.8, 4) is 5.88 Å². The van der Waals surface area contributed by atoms with Crippen molar-refractivity contribution in [2.24, 2.45) is 5.92 Å². The monoisotopic (exact) mass is 348 g/mol. The molecule has 1 aromatic rings. The Morgan fingerprint density at radius 1 is 1.40 bits per heavy atom. The van der Waals surface area contributed by atoms with Crippen molar-refractivity contribution in [1.29, 1.82) is 0 Å². The fraction of sp³-hybridized carbons (Fsp3) is 0.706. The summed E-state index contributed by atoms with van der Waals surface area (Å²) in [5, 5.41) is 12.9. The molecule has 0 unspecified atom stereocenters. The smallest absolute Gasteiger partial charge is 0.345 e. The normalized spacial score (nSPS) is 31.4.